The van der Waals surface area contributed by atoms with Gasteiger partial charge in [-0.1, -0.05) is 19.0 Å². The van der Waals surface area contributed by atoms with Gasteiger partial charge in [0, 0.05) is 24.7 Å². The first-order valence-electron chi connectivity index (χ1n) is 7.61. The molecule has 0 saturated carbocycles. The third kappa shape index (κ3) is 3.19. The Labute approximate surface area is 128 Å². The first kappa shape index (κ1) is 14.8. The van der Waals surface area contributed by atoms with E-state index >= 15 is 0 Å². The van der Waals surface area contributed by atoms with Gasteiger partial charge in [0.1, 0.15) is 6.04 Å². The predicted molar refractivity (Wildman–Crippen MR) is 79.9 cm³/mol. The second kappa shape index (κ2) is 6.31. The molecule has 0 bridgehead atoms. The van der Waals surface area contributed by atoms with Crippen molar-refractivity contribution in [3.05, 3.63) is 35.2 Å². The van der Waals surface area contributed by atoms with E-state index in [0.29, 0.717) is 18.2 Å². The Morgan fingerprint density at radius 1 is 1.55 bits per heavy atom. The molecule has 1 amide bonds. The number of H-pyrrole nitrogens is 1. The predicted octanol–water partition coefficient (Wildman–Crippen LogP) is 1.10. The summed E-state index contributed by atoms with van der Waals surface area (Å²) in [6.45, 7) is 5.36. The van der Waals surface area contributed by atoms with Gasteiger partial charge in [0.25, 0.3) is 0 Å². The molecular weight excluding hydrogens is 282 g/mol. The molecule has 0 aliphatic carbocycles. The lowest BCUT2D eigenvalue weighted by Gasteiger charge is -2.21. The first-order chi connectivity index (χ1) is 10.6. The number of imidazole rings is 1. The largest absolute Gasteiger partial charge is 0.359 e. The molecule has 118 valence electrons. The highest BCUT2D eigenvalue weighted by Gasteiger charge is 2.28. The van der Waals surface area contributed by atoms with Crippen LogP contribution in [-0.2, 0) is 24.2 Å². The molecule has 1 unspecified atom stereocenters. The molecule has 7 heteroatoms. The number of hydrogen-bond donors (Lipinski definition) is 3. The first-order valence-corrected chi connectivity index (χ1v) is 7.61. The third-order valence-electron chi connectivity index (χ3n) is 3.67. The van der Waals surface area contributed by atoms with Crippen LogP contribution >= 0.6 is 0 Å². The Hall–Kier alpha value is -2.15. The SMILES string of the molecule is CC(C)Cc1cc(CNC(=O)C2NCCc3[nH]cnc32)on1. The number of rotatable bonds is 5. The molecule has 3 N–H and O–H groups in total. The molecule has 22 heavy (non-hydrogen) atoms. The molecule has 0 fully saturated rings. The van der Waals surface area contributed by atoms with Gasteiger partial charge in [-0.05, 0) is 12.3 Å². The lowest BCUT2D eigenvalue weighted by molar-refractivity contribution is -0.123. The molecular formula is C15H21N5O2. The molecule has 3 heterocycles. The van der Waals surface area contributed by atoms with E-state index in [1.54, 1.807) is 6.33 Å². The number of nitrogens with one attached hydrogen (secondary N) is 3. The summed E-state index contributed by atoms with van der Waals surface area (Å²) in [4.78, 5) is 19.6. The maximum atomic E-state index is 12.3. The molecule has 0 spiro atoms. The quantitative estimate of drug-likeness (QED) is 0.768. The standard InChI is InChI=1S/C15H21N5O2/c1-9(2)5-10-6-11(22-20-10)7-17-15(21)14-13-12(3-4-16-14)18-8-19-13/h6,8-9,14,16H,3-5,7H2,1-2H3,(H,17,21)(H,18,19). The molecule has 1 aliphatic heterocycles. The van der Waals surface area contributed by atoms with Gasteiger partial charge < -0.3 is 20.1 Å². The van der Waals surface area contributed by atoms with Gasteiger partial charge in [0.05, 0.1) is 24.3 Å². The Morgan fingerprint density at radius 2 is 2.41 bits per heavy atom. The number of amides is 1. The normalized spacial score (nSPS) is 17.5. The van der Waals surface area contributed by atoms with Crippen LogP contribution in [0.15, 0.2) is 16.9 Å². The summed E-state index contributed by atoms with van der Waals surface area (Å²) in [5, 5.41) is 10.1. The maximum absolute atomic E-state index is 12.3. The van der Waals surface area contributed by atoms with Crippen LogP contribution < -0.4 is 10.6 Å². The highest BCUT2D eigenvalue weighted by molar-refractivity contribution is 5.83. The van der Waals surface area contributed by atoms with Crippen LogP contribution in [0, 0.1) is 5.92 Å². The van der Waals surface area contributed by atoms with Crippen molar-refractivity contribution in [1.82, 2.24) is 25.8 Å². The number of fused-ring (bicyclic) bond motifs is 1. The fourth-order valence-corrected chi connectivity index (χ4v) is 2.67. The van der Waals surface area contributed by atoms with Gasteiger partial charge in [0.2, 0.25) is 5.91 Å². The third-order valence-corrected chi connectivity index (χ3v) is 3.67. The minimum Gasteiger partial charge on any atom is -0.359 e. The Balaban J connectivity index is 1.58. The van der Waals surface area contributed by atoms with E-state index in [9.17, 15) is 4.79 Å². The van der Waals surface area contributed by atoms with E-state index in [0.717, 1.165) is 36.5 Å². The van der Waals surface area contributed by atoms with Gasteiger partial charge in [-0.25, -0.2) is 4.98 Å². The van der Waals surface area contributed by atoms with Crippen LogP contribution in [0.5, 0.6) is 0 Å². The number of carbonyl (C=O) groups is 1. The minimum absolute atomic E-state index is 0.102. The number of aromatic nitrogens is 3. The second-order valence-corrected chi connectivity index (χ2v) is 6.00. The van der Waals surface area contributed by atoms with Gasteiger partial charge in [-0.2, -0.15) is 0 Å². The van der Waals surface area contributed by atoms with Crippen molar-refractivity contribution < 1.29 is 9.32 Å². The van der Waals surface area contributed by atoms with Gasteiger partial charge >= 0.3 is 0 Å². The van der Waals surface area contributed by atoms with Crippen molar-refractivity contribution in [2.45, 2.75) is 39.3 Å². The number of aromatic amines is 1. The van der Waals surface area contributed by atoms with Crippen molar-refractivity contribution in [1.29, 1.82) is 0 Å². The summed E-state index contributed by atoms with van der Waals surface area (Å²) in [7, 11) is 0. The van der Waals surface area contributed by atoms with Crippen molar-refractivity contribution >= 4 is 5.91 Å². The van der Waals surface area contributed by atoms with Crippen LogP contribution in [0.3, 0.4) is 0 Å². The van der Waals surface area contributed by atoms with Gasteiger partial charge in [-0.15, -0.1) is 0 Å². The van der Waals surface area contributed by atoms with Crippen molar-refractivity contribution in [3.8, 4) is 0 Å². The fraction of sp³-hybridized carbons (Fsp3) is 0.533. The Kier molecular flexibility index (Phi) is 4.24. The highest BCUT2D eigenvalue weighted by atomic mass is 16.5. The molecule has 3 rings (SSSR count). The van der Waals surface area contributed by atoms with E-state index < -0.39 is 6.04 Å². The second-order valence-electron chi connectivity index (χ2n) is 6.00. The Morgan fingerprint density at radius 3 is 3.23 bits per heavy atom. The molecule has 7 nitrogen and oxygen atoms in total. The zero-order chi connectivity index (χ0) is 15.5. The van der Waals surface area contributed by atoms with Crippen LogP contribution in [0.2, 0.25) is 0 Å². The summed E-state index contributed by atoms with van der Waals surface area (Å²) in [6, 6.07) is 1.49. The lowest BCUT2D eigenvalue weighted by atomic mass is 10.1. The zero-order valence-corrected chi connectivity index (χ0v) is 12.8. The Bertz CT molecular complexity index is 646. The van der Waals surface area contributed by atoms with E-state index in [1.165, 1.54) is 0 Å². The van der Waals surface area contributed by atoms with Crippen LogP contribution in [-0.4, -0.2) is 27.6 Å². The van der Waals surface area contributed by atoms with Crippen molar-refractivity contribution in [3.63, 3.8) is 0 Å². The maximum Gasteiger partial charge on any atom is 0.243 e. The molecule has 1 atom stereocenters. The molecule has 0 aromatic carbocycles. The monoisotopic (exact) mass is 303 g/mol. The molecule has 1 aliphatic rings. The van der Waals surface area contributed by atoms with Crippen LogP contribution in [0.1, 0.15) is 42.7 Å². The smallest absolute Gasteiger partial charge is 0.243 e. The average Bonchev–Trinajstić information content (AvgIpc) is 3.12. The van der Waals surface area contributed by atoms with E-state index in [-0.39, 0.29) is 5.91 Å². The highest BCUT2D eigenvalue weighted by Crippen LogP contribution is 2.19. The number of carbonyl (C=O) groups excluding carboxylic acids is 1. The van der Waals surface area contributed by atoms with Crippen molar-refractivity contribution in [2.75, 3.05) is 6.54 Å². The van der Waals surface area contributed by atoms with Gasteiger partial charge in [-0.3, -0.25) is 4.79 Å². The van der Waals surface area contributed by atoms with Crippen LogP contribution in [0.4, 0.5) is 0 Å². The van der Waals surface area contributed by atoms with E-state index in [2.05, 4.69) is 39.6 Å². The summed E-state index contributed by atoms with van der Waals surface area (Å²) >= 11 is 0. The molecule has 0 saturated heterocycles. The summed E-state index contributed by atoms with van der Waals surface area (Å²) in [5.74, 6) is 1.09. The van der Waals surface area contributed by atoms with Crippen molar-refractivity contribution in [2.24, 2.45) is 5.92 Å². The zero-order valence-electron chi connectivity index (χ0n) is 12.8. The average molecular weight is 303 g/mol. The minimum atomic E-state index is -0.409. The molecule has 0 radical (unpaired) electrons. The molecule has 2 aromatic rings. The molecule has 2 aromatic heterocycles. The van der Waals surface area contributed by atoms with Gasteiger partial charge in [0.15, 0.2) is 5.76 Å². The number of hydrogen-bond acceptors (Lipinski definition) is 5. The summed E-state index contributed by atoms with van der Waals surface area (Å²) < 4.78 is 5.25. The topological polar surface area (TPSA) is 95.8 Å². The summed E-state index contributed by atoms with van der Waals surface area (Å²) in [5.41, 5.74) is 2.73. The van der Waals surface area contributed by atoms with Crippen LogP contribution in [0.25, 0.3) is 0 Å². The van der Waals surface area contributed by atoms with E-state index in [1.807, 2.05) is 6.07 Å². The van der Waals surface area contributed by atoms with E-state index in [4.69, 9.17) is 4.52 Å². The number of nitrogens with zero attached hydrogens (tertiary/aromatic N) is 2. The lowest BCUT2D eigenvalue weighted by Crippen LogP contribution is -2.41. The summed E-state index contributed by atoms with van der Waals surface area (Å²) in [6.07, 6.45) is 3.37. The fourth-order valence-electron chi connectivity index (χ4n) is 2.67.